The predicted molar refractivity (Wildman–Crippen MR) is 115 cm³/mol. The Balaban J connectivity index is 1.44. The van der Waals surface area contributed by atoms with Crippen LogP contribution >= 0.6 is 0 Å². The third-order valence-corrected chi connectivity index (χ3v) is 4.91. The van der Waals surface area contributed by atoms with Gasteiger partial charge in [-0.2, -0.15) is 0 Å². The molecule has 1 atom stereocenters. The Hall–Kier alpha value is -2.42. The molecule has 0 amide bonds. The molecule has 0 radical (unpaired) electrons. The van der Waals surface area contributed by atoms with Crippen LogP contribution in [0.4, 0.5) is 0 Å². The summed E-state index contributed by atoms with van der Waals surface area (Å²) >= 11 is 0. The van der Waals surface area contributed by atoms with Crippen LogP contribution in [-0.2, 0) is 13.1 Å². The number of benzene rings is 3. The minimum Gasteiger partial charge on any atom is -0.313 e. The summed E-state index contributed by atoms with van der Waals surface area (Å²) in [6.07, 6.45) is 2.37. The van der Waals surface area contributed by atoms with Gasteiger partial charge in [0.2, 0.25) is 0 Å². The summed E-state index contributed by atoms with van der Waals surface area (Å²) in [5.41, 5.74) is 4.12. The number of hydrogen-bond acceptors (Lipinski definition) is 2. The Morgan fingerprint density at radius 3 is 1.70 bits per heavy atom. The summed E-state index contributed by atoms with van der Waals surface area (Å²) in [5, 5.41) is 7.22. The molecule has 0 spiro atoms. The van der Waals surface area contributed by atoms with Crippen molar-refractivity contribution in [2.45, 2.75) is 31.8 Å². The first-order chi connectivity index (χ1) is 13.4. The van der Waals surface area contributed by atoms with Crippen LogP contribution in [0.15, 0.2) is 91.0 Å². The highest BCUT2D eigenvalue weighted by Crippen LogP contribution is 2.20. The second-order valence-electron chi connectivity index (χ2n) is 7.03. The SMILES string of the molecule is c1ccc(CNCCC[C@@H](CNCc2ccccc2)c2ccccc2)cc1. The lowest BCUT2D eigenvalue weighted by Gasteiger charge is -2.18. The third kappa shape index (κ3) is 7.01. The average Bonchev–Trinajstić information content (AvgIpc) is 2.74. The molecule has 3 aromatic rings. The molecule has 2 N–H and O–H groups in total. The summed E-state index contributed by atoms with van der Waals surface area (Å²) in [6.45, 7) is 3.94. The highest BCUT2D eigenvalue weighted by molar-refractivity contribution is 5.20. The van der Waals surface area contributed by atoms with Gasteiger partial charge in [-0.3, -0.25) is 0 Å². The minimum atomic E-state index is 0.549. The van der Waals surface area contributed by atoms with Crippen molar-refractivity contribution in [2.75, 3.05) is 13.1 Å². The highest BCUT2D eigenvalue weighted by atomic mass is 14.9. The molecule has 0 aliphatic heterocycles. The zero-order valence-corrected chi connectivity index (χ0v) is 16.0. The number of rotatable bonds is 11. The average molecular weight is 359 g/mol. The maximum Gasteiger partial charge on any atom is 0.0205 e. The van der Waals surface area contributed by atoms with E-state index in [1.54, 1.807) is 0 Å². The largest absolute Gasteiger partial charge is 0.313 e. The van der Waals surface area contributed by atoms with Crippen LogP contribution in [0.25, 0.3) is 0 Å². The van der Waals surface area contributed by atoms with Crippen molar-refractivity contribution in [1.82, 2.24) is 10.6 Å². The van der Waals surface area contributed by atoms with Gasteiger partial charge in [-0.15, -0.1) is 0 Å². The Labute approximate surface area is 163 Å². The summed E-state index contributed by atoms with van der Waals surface area (Å²) < 4.78 is 0. The van der Waals surface area contributed by atoms with E-state index in [0.29, 0.717) is 5.92 Å². The van der Waals surface area contributed by atoms with Crippen LogP contribution in [0.1, 0.15) is 35.4 Å². The summed E-state index contributed by atoms with van der Waals surface area (Å²) in [5.74, 6) is 0.549. The van der Waals surface area contributed by atoms with Gasteiger partial charge in [0.15, 0.2) is 0 Å². The zero-order valence-electron chi connectivity index (χ0n) is 16.0. The summed E-state index contributed by atoms with van der Waals surface area (Å²) in [6, 6.07) is 32.1. The van der Waals surface area contributed by atoms with Crippen molar-refractivity contribution in [1.29, 1.82) is 0 Å². The van der Waals surface area contributed by atoms with E-state index in [0.717, 1.165) is 26.2 Å². The fourth-order valence-electron chi connectivity index (χ4n) is 3.40. The van der Waals surface area contributed by atoms with E-state index in [1.807, 2.05) is 0 Å². The molecule has 0 saturated heterocycles. The van der Waals surface area contributed by atoms with Gasteiger partial charge < -0.3 is 10.6 Å². The van der Waals surface area contributed by atoms with Gasteiger partial charge in [0.05, 0.1) is 0 Å². The Morgan fingerprint density at radius 1 is 0.593 bits per heavy atom. The molecule has 0 heterocycles. The van der Waals surface area contributed by atoms with Crippen molar-refractivity contribution < 1.29 is 0 Å². The molecule has 27 heavy (non-hydrogen) atoms. The normalized spacial score (nSPS) is 12.0. The molecule has 0 aliphatic carbocycles. The van der Waals surface area contributed by atoms with Crippen molar-refractivity contribution in [3.05, 3.63) is 108 Å². The summed E-state index contributed by atoms with van der Waals surface area (Å²) in [4.78, 5) is 0. The van der Waals surface area contributed by atoms with E-state index >= 15 is 0 Å². The maximum atomic E-state index is 3.65. The zero-order chi connectivity index (χ0) is 18.6. The van der Waals surface area contributed by atoms with Gasteiger partial charge in [0, 0.05) is 19.6 Å². The van der Waals surface area contributed by atoms with Gasteiger partial charge in [-0.1, -0.05) is 91.0 Å². The maximum absolute atomic E-state index is 3.65. The second-order valence-corrected chi connectivity index (χ2v) is 7.03. The molecular formula is C25H30N2. The van der Waals surface area contributed by atoms with Crippen molar-refractivity contribution >= 4 is 0 Å². The van der Waals surface area contributed by atoms with Crippen LogP contribution in [0.3, 0.4) is 0 Å². The lowest BCUT2D eigenvalue weighted by Crippen LogP contribution is -2.22. The Kier molecular flexibility index (Phi) is 8.11. The van der Waals surface area contributed by atoms with Gasteiger partial charge in [-0.25, -0.2) is 0 Å². The first-order valence-electron chi connectivity index (χ1n) is 9.96. The van der Waals surface area contributed by atoms with Crippen LogP contribution in [0, 0.1) is 0 Å². The smallest absolute Gasteiger partial charge is 0.0205 e. The van der Waals surface area contributed by atoms with Crippen LogP contribution in [0.5, 0.6) is 0 Å². The fraction of sp³-hybridized carbons (Fsp3) is 0.280. The van der Waals surface area contributed by atoms with Crippen molar-refractivity contribution in [2.24, 2.45) is 0 Å². The second kappa shape index (κ2) is 11.3. The summed E-state index contributed by atoms with van der Waals surface area (Å²) in [7, 11) is 0. The highest BCUT2D eigenvalue weighted by Gasteiger charge is 2.10. The lowest BCUT2D eigenvalue weighted by molar-refractivity contribution is 0.516. The monoisotopic (exact) mass is 358 g/mol. The minimum absolute atomic E-state index is 0.549. The molecule has 0 bridgehead atoms. The van der Waals surface area contributed by atoms with Gasteiger partial charge in [0.1, 0.15) is 0 Å². The molecule has 2 heteroatoms. The van der Waals surface area contributed by atoms with Crippen LogP contribution < -0.4 is 10.6 Å². The number of nitrogens with one attached hydrogen (secondary N) is 2. The molecule has 3 rings (SSSR count). The lowest BCUT2D eigenvalue weighted by atomic mass is 9.94. The molecule has 0 aromatic heterocycles. The van der Waals surface area contributed by atoms with Gasteiger partial charge >= 0.3 is 0 Å². The standard InChI is InChI=1S/C25H30N2/c1-4-11-22(12-5-1)19-26-18-10-17-25(24-15-8-3-9-16-24)21-27-20-23-13-6-2-7-14-23/h1-9,11-16,25-27H,10,17-21H2/t25-/m0/s1. The third-order valence-electron chi connectivity index (χ3n) is 4.91. The first-order valence-corrected chi connectivity index (χ1v) is 9.96. The molecule has 0 saturated carbocycles. The molecule has 0 aliphatic rings. The van der Waals surface area contributed by atoms with E-state index in [-0.39, 0.29) is 0 Å². The van der Waals surface area contributed by atoms with Crippen LogP contribution in [0.2, 0.25) is 0 Å². The molecule has 140 valence electrons. The Bertz CT molecular complexity index is 741. The van der Waals surface area contributed by atoms with E-state index in [1.165, 1.54) is 29.5 Å². The van der Waals surface area contributed by atoms with E-state index in [2.05, 4.69) is 102 Å². The fourth-order valence-corrected chi connectivity index (χ4v) is 3.40. The van der Waals surface area contributed by atoms with Crippen molar-refractivity contribution in [3.63, 3.8) is 0 Å². The quantitative estimate of drug-likeness (QED) is 0.464. The van der Waals surface area contributed by atoms with E-state index in [4.69, 9.17) is 0 Å². The topological polar surface area (TPSA) is 24.1 Å². The molecule has 2 nitrogen and oxygen atoms in total. The van der Waals surface area contributed by atoms with Gasteiger partial charge in [-0.05, 0) is 42.0 Å². The molecule has 3 aromatic carbocycles. The van der Waals surface area contributed by atoms with E-state index in [9.17, 15) is 0 Å². The van der Waals surface area contributed by atoms with Gasteiger partial charge in [0.25, 0.3) is 0 Å². The molecular weight excluding hydrogens is 328 g/mol. The molecule has 0 unspecified atom stereocenters. The number of hydrogen-bond donors (Lipinski definition) is 2. The first kappa shape index (κ1) is 19.3. The van der Waals surface area contributed by atoms with E-state index < -0.39 is 0 Å². The molecule has 0 fully saturated rings. The predicted octanol–water partition coefficient (Wildman–Crippen LogP) is 5.13. The Morgan fingerprint density at radius 2 is 1.11 bits per heavy atom. The van der Waals surface area contributed by atoms with Crippen molar-refractivity contribution in [3.8, 4) is 0 Å². The van der Waals surface area contributed by atoms with Crippen LogP contribution in [-0.4, -0.2) is 13.1 Å².